The molecular weight excluding hydrogens is 302 g/mol. The second kappa shape index (κ2) is 9.30. The van der Waals surface area contributed by atoms with Gasteiger partial charge in [-0.15, -0.1) is 0 Å². The fourth-order valence-corrected chi connectivity index (χ4v) is 2.95. The minimum absolute atomic E-state index is 0.0923. The number of benzene rings is 1. The third-order valence-corrected chi connectivity index (χ3v) is 4.44. The first-order valence-electron chi connectivity index (χ1n) is 8.99. The van der Waals surface area contributed by atoms with E-state index in [4.69, 9.17) is 0 Å². The van der Waals surface area contributed by atoms with E-state index in [9.17, 15) is 9.59 Å². The van der Waals surface area contributed by atoms with Gasteiger partial charge >= 0.3 is 6.03 Å². The lowest BCUT2D eigenvalue weighted by Gasteiger charge is -2.22. The molecular formula is C19H29N3O2. The molecule has 0 aromatic heterocycles. The number of rotatable bonds is 6. The van der Waals surface area contributed by atoms with E-state index in [1.165, 1.54) is 24.8 Å². The van der Waals surface area contributed by atoms with E-state index < -0.39 is 0 Å². The van der Waals surface area contributed by atoms with Gasteiger partial charge in [-0.05, 0) is 36.5 Å². The first-order valence-corrected chi connectivity index (χ1v) is 8.99. The Morgan fingerprint density at radius 3 is 2.38 bits per heavy atom. The first kappa shape index (κ1) is 18.3. The number of carbonyl (C=O) groups is 2. The average molecular weight is 331 g/mol. The molecule has 0 heterocycles. The molecule has 24 heavy (non-hydrogen) atoms. The highest BCUT2D eigenvalue weighted by atomic mass is 16.2. The number of carbonyl (C=O) groups excluding carboxylic acids is 2. The van der Waals surface area contributed by atoms with Gasteiger partial charge in [0.05, 0.1) is 0 Å². The minimum Gasteiger partial charge on any atom is -0.338 e. The highest BCUT2D eigenvalue weighted by Gasteiger charge is 2.15. The highest BCUT2D eigenvalue weighted by molar-refractivity contribution is 5.91. The van der Waals surface area contributed by atoms with Crippen LogP contribution in [0.15, 0.2) is 24.3 Å². The number of anilines is 1. The number of amides is 3. The monoisotopic (exact) mass is 331 g/mol. The predicted molar refractivity (Wildman–Crippen MR) is 97.2 cm³/mol. The molecule has 5 nitrogen and oxygen atoms in total. The van der Waals surface area contributed by atoms with Crippen molar-refractivity contribution in [2.24, 2.45) is 0 Å². The van der Waals surface area contributed by atoms with Crippen molar-refractivity contribution >= 4 is 17.6 Å². The average Bonchev–Trinajstić information content (AvgIpc) is 2.56. The molecule has 132 valence electrons. The SMILES string of the molecule is CC(C)c1ccc(NC(=O)CCNC(=O)NC2CCCCC2)cc1. The van der Waals surface area contributed by atoms with Crippen LogP contribution >= 0.6 is 0 Å². The second-order valence-electron chi connectivity index (χ2n) is 6.81. The maximum Gasteiger partial charge on any atom is 0.315 e. The molecule has 3 amide bonds. The van der Waals surface area contributed by atoms with Crippen molar-refractivity contribution in [3.8, 4) is 0 Å². The molecule has 0 atom stereocenters. The van der Waals surface area contributed by atoms with E-state index in [-0.39, 0.29) is 24.4 Å². The molecule has 3 N–H and O–H groups in total. The molecule has 0 bridgehead atoms. The topological polar surface area (TPSA) is 70.2 Å². The summed E-state index contributed by atoms with van der Waals surface area (Å²) in [4.78, 5) is 23.7. The third-order valence-electron chi connectivity index (χ3n) is 4.44. The van der Waals surface area contributed by atoms with Crippen molar-refractivity contribution < 1.29 is 9.59 Å². The summed E-state index contributed by atoms with van der Waals surface area (Å²) in [6.07, 6.45) is 6.01. The van der Waals surface area contributed by atoms with E-state index >= 15 is 0 Å². The van der Waals surface area contributed by atoms with E-state index in [1.807, 2.05) is 24.3 Å². The van der Waals surface area contributed by atoms with Crippen molar-refractivity contribution in [1.29, 1.82) is 0 Å². The van der Waals surface area contributed by atoms with Crippen molar-refractivity contribution in [3.63, 3.8) is 0 Å². The molecule has 0 radical (unpaired) electrons. The van der Waals surface area contributed by atoms with Crippen molar-refractivity contribution in [1.82, 2.24) is 10.6 Å². The Hall–Kier alpha value is -2.04. The third kappa shape index (κ3) is 6.22. The summed E-state index contributed by atoms with van der Waals surface area (Å²) < 4.78 is 0. The van der Waals surface area contributed by atoms with Crippen LogP contribution in [0.5, 0.6) is 0 Å². The van der Waals surface area contributed by atoms with Crippen LogP contribution in [-0.2, 0) is 4.79 Å². The summed E-state index contributed by atoms with van der Waals surface area (Å²) in [5.41, 5.74) is 2.03. The van der Waals surface area contributed by atoms with Crippen LogP contribution in [-0.4, -0.2) is 24.5 Å². The highest BCUT2D eigenvalue weighted by Crippen LogP contribution is 2.18. The van der Waals surface area contributed by atoms with Crippen LogP contribution in [0.4, 0.5) is 10.5 Å². The Labute approximate surface area is 144 Å². The maximum absolute atomic E-state index is 11.9. The van der Waals surface area contributed by atoms with Gasteiger partial charge in [-0.3, -0.25) is 4.79 Å². The lowest BCUT2D eigenvalue weighted by molar-refractivity contribution is -0.116. The zero-order valence-electron chi connectivity index (χ0n) is 14.7. The van der Waals surface area contributed by atoms with E-state index in [0.717, 1.165) is 18.5 Å². The van der Waals surface area contributed by atoms with Gasteiger partial charge in [0.2, 0.25) is 5.91 Å². The fourth-order valence-electron chi connectivity index (χ4n) is 2.95. The molecule has 0 unspecified atom stereocenters. The predicted octanol–water partition coefficient (Wildman–Crippen LogP) is 3.77. The first-order chi connectivity index (χ1) is 11.5. The molecule has 1 aromatic rings. The van der Waals surface area contributed by atoms with E-state index in [1.54, 1.807) is 0 Å². The summed E-state index contributed by atoms with van der Waals surface area (Å²) in [5.74, 6) is 0.381. The van der Waals surface area contributed by atoms with Crippen molar-refractivity contribution in [3.05, 3.63) is 29.8 Å². The molecule has 0 aliphatic heterocycles. The Kier molecular flexibility index (Phi) is 7.09. The molecule has 1 saturated carbocycles. The summed E-state index contributed by atoms with van der Waals surface area (Å²) in [6, 6.07) is 7.99. The Balaban J connectivity index is 1.64. The van der Waals surface area contributed by atoms with Gasteiger partial charge < -0.3 is 16.0 Å². The number of hydrogen-bond donors (Lipinski definition) is 3. The van der Waals surface area contributed by atoms with Gasteiger partial charge in [0.25, 0.3) is 0 Å². The standard InChI is InChI=1S/C19H29N3O2/c1-14(2)15-8-10-17(11-9-15)21-18(23)12-13-20-19(24)22-16-6-4-3-5-7-16/h8-11,14,16H,3-7,12-13H2,1-2H3,(H,21,23)(H2,20,22,24). The van der Waals surface area contributed by atoms with Crippen LogP contribution in [0.3, 0.4) is 0 Å². The van der Waals surface area contributed by atoms with Gasteiger partial charge in [0.15, 0.2) is 0 Å². The maximum atomic E-state index is 11.9. The summed E-state index contributed by atoms with van der Waals surface area (Å²) in [5, 5.41) is 8.59. The molecule has 2 rings (SSSR count). The van der Waals surface area contributed by atoms with Crippen LogP contribution in [0.1, 0.15) is 63.9 Å². The van der Waals surface area contributed by atoms with Crippen LogP contribution < -0.4 is 16.0 Å². The number of urea groups is 1. The van der Waals surface area contributed by atoms with Gasteiger partial charge in [0.1, 0.15) is 0 Å². The normalized spacial score (nSPS) is 15.1. The molecule has 1 aliphatic rings. The summed E-state index contributed by atoms with van der Waals surface area (Å²) >= 11 is 0. The van der Waals surface area contributed by atoms with E-state index in [2.05, 4.69) is 29.8 Å². The van der Waals surface area contributed by atoms with E-state index in [0.29, 0.717) is 12.5 Å². The summed E-state index contributed by atoms with van der Waals surface area (Å²) in [7, 11) is 0. The fraction of sp³-hybridized carbons (Fsp3) is 0.579. The smallest absolute Gasteiger partial charge is 0.315 e. The van der Waals surface area contributed by atoms with Gasteiger partial charge in [0, 0.05) is 24.7 Å². The Morgan fingerprint density at radius 1 is 1.08 bits per heavy atom. The van der Waals surface area contributed by atoms with Crippen LogP contribution in [0, 0.1) is 0 Å². The van der Waals surface area contributed by atoms with Crippen LogP contribution in [0.25, 0.3) is 0 Å². The summed E-state index contributed by atoms with van der Waals surface area (Å²) in [6.45, 7) is 4.61. The Bertz CT molecular complexity index is 534. The van der Waals surface area contributed by atoms with Gasteiger partial charge in [-0.25, -0.2) is 4.79 Å². The molecule has 1 fully saturated rings. The molecule has 5 heteroatoms. The van der Waals surface area contributed by atoms with Crippen molar-refractivity contribution in [2.75, 3.05) is 11.9 Å². The van der Waals surface area contributed by atoms with Gasteiger partial charge in [-0.2, -0.15) is 0 Å². The minimum atomic E-state index is -0.170. The Morgan fingerprint density at radius 2 is 1.75 bits per heavy atom. The lowest BCUT2D eigenvalue weighted by Crippen LogP contribution is -2.43. The van der Waals surface area contributed by atoms with Crippen molar-refractivity contribution in [2.45, 2.75) is 64.3 Å². The molecule has 1 aliphatic carbocycles. The quantitative estimate of drug-likeness (QED) is 0.742. The largest absolute Gasteiger partial charge is 0.338 e. The zero-order valence-corrected chi connectivity index (χ0v) is 14.7. The zero-order chi connectivity index (χ0) is 17.4. The van der Waals surface area contributed by atoms with Crippen LogP contribution in [0.2, 0.25) is 0 Å². The second-order valence-corrected chi connectivity index (χ2v) is 6.81. The number of nitrogens with one attached hydrogen (secondary N) is 3. The lowest BCUT2D eigenvalue weighted by atomic mass is 9.96. The number of hydrogen-bond acceptors (Lipinski definition) is 2. The molecule has 0 saturated heterocycles. The molecule has 1 aromatic carbocycles. The molecule has 0 spiro atoms. The van der Waals surface area contributed by atoms with Gasteiger partial charge in [-0.1, -0.05) is 45.2 Å².